The maximum Gasteiger partial charge on any atom is 0.218 e. The summed E-state index contributed by atoms with van der Waals surface area (Å²) >= 11 is 0. The van der Waals surface area contributed by atoms with Gasteiger partial charge in [0.2, 0.25) is 5.88 Å². The van der Waals surface area contributed by atoms with Crippen LogP contribution >= 0.6 is 0 Å². The fourth-order valence-electron chi connectivity index (χ4n) is 4.71. The average molecular weight is 394 g/mol. The van der Waals surface area contributed by atoms with Crippen molar-refractivity contribution in [3.05, 3.63) is 53.1 Å². The predicted molar refractivity (Wildman–Crippen MR) is 109 cm³/mol. The number of hydrogen-bond acceptors (Lipinski definition) is 6. The highest BCUT2D eigenvalue weighted by atomic mass is 16.5. The molecule has 3 N–H and O–H groups in total. The van der Waals surface area contributed by atoms with Gasteiger partial charge < -0.3 is 24.8 Å². The summed E-state index contributed by atoms with van der Waals surface area (Å²) in [5.74, 6) is 0.571. The Morgan fingerprint density at radius 2 is 2.07 bits per heavy atom. The Balaban J connectivity index is 1.45. The Bertz CT molecular complexity index is 1060. The lowest BCUT2D eigenvalue weighted by atomic mass is 10.0. The quantitative estimate of drug-likeness (QED) is 0.628. The molecule has 1 aliphatic carbocycles. The smallest absolute Gasteiger partial charge is 0.218 e. The predicted octanol–water partition coefficient (Wildman–Crippen LogP) is 1.81. The molecule has 7 nitrogen and oxygen atoms in total. The van der Waals surface area contributed by atoms with Crippen LogP contribution in [0.5, 0.6) is 5.88 Å². The van der Waals surface area contributed by atoms with E-state index in [0.717, 1.165) is 40.8 Å². The van der Waals surface area contributed by atoms with Gasteiger partial charge in [-0.2, -0.15) is 0 Å². The summed E-state index contributed by atoms with van der Waals surface area (Å²) in [6.07, 6.45) is 2.77. The number of aromatic nitrogens is 3. The lowest BCUT2D eigenvalue weighted by Gasteiger charge is -2.24. The van der Waals surface area contributed by atoms with Crippen LogP contribution in [0.1, 0.15) is 35.0 Å². The van der Waals surface area contributed by atoms with Gasteiger partial charge in [-0.25, -0.2) is 4.98 Å². The normalized spacial score (nSPS) is 26.6. The fraction of sp³-hybridized carbons (Fsp3) is 0.455. The number of aryl methyl sites for hydroxylation is 2. The number of hydrogen-bond donors (Lipinski definition) is 3. The SMILES string of the molecule is Cc1cc2c(c(OC3CC(n4ccc5c(C)nccc54)C(O)C3O)n1)CNCC2. The van der Waals surface area contributed by atoms with Gasteiger partial charge in [-0.1, -0.05) is 0 Å². The Morgan fingerprint density at radius 1 is 1.21 bits per heavy atom. The Hall–Kier alpha value is -2.48. The van der Waals surface area contributed by atoms with Crippen molar-refractivity contribution in [1.82, 2.24) is 19.9 Å². The summed E-state index contributed by atoms with van der Waals surface area (Å²) < 4.78 is 8.24. The first-order valence-electron chi connectivity index (χ1n) is 10.2. The van der Waals surface area contributed by atoms with Crippen LogP contribution in [0, 0.1) is 13.8 Å². The Kier molecular flexibility index (Phi) is 4.53. The second-order valence-electron chi connectivity index (χ2n) is 8.13. The van der Waals surface area contributed by atoms with Crippen molar-refractivity contribution in [2.45, 2.75) is 57.6 Å². The molecule has 0 bridgehead atoms. The summed E-state index contributed by atoms with van der Waals surface area (Å²) in [6, 6.07) is 5.79. The van der Waals surface area contributed by atoms with Gasteiger partial charge in [0.15, 0.2) is 0 Å². The lowest BCUT2D eigenvalue weighted by molar-refractivity contribution is -0.0177. The number of nitrogens with one attached hydrogen (secondary N) is 1. The van der Waals surface area contributed by atoms with Gasteiger partial charge in [0.05, 0.1) is 11.6 Å². The molecule has 1 aliphatic heterocycles. The highest BCUT2D eigenvalue weighted by molar-refractivity contribution is 5.82. The Morgan fingerprint density at radius 3 is 2.93 bits per heavy atom. The highest BCUT2D eigenvalue weighted by Gasteiger charge is 2.44. The van der Waals surface area contributed by atoms with Crippen LogP contribution in [-0.4, -0.2) is 49.6 Å². The number of aliphatic hydroxyl groups is 2. The van der Waals surface area contributed by atoms with E-state index in [-0.39, 0.29) is 6.04 Å². The molecule has 1 saturated carbocycles. The molecule has 7 heteroatoms. The molecule has 0 radical (unpaired) electrons. The standard InChI is InChI=1S/C22H26N4O3/c1-12-9-14-3-6-23-11-16(14)22(25-12)29-19-10-18(20(27)21(19)28)26-8-5-15-13(2)24-7-4-17(15)26/h4-5,7-9,18-21,23,27-28H,3,6,10-11H2,1-2H3. The van der Waals surface area contributed by atoms with E-state index in [0.29, 0.717) is 18.8 Å². The third kappa shape index (κ3) is 3.10. The van der Waals surface area contributed by atoms with E-state index in [4.69, 9.17) is 4.74 Å². The van der Waals surface area contributed by atoms with E-state index >= 15 is 0 Å². The molecule has 4 atom stereocenters. The molecule has 0 amide bonds. The third-order valence-electron chi connectivity index (χ3n) is 6.25. The van der Waals surface area contributed by atoms with E-state index < -0.39 is 18.3 Å². The molecule has 4 heterocycles. The first-order valence-corrected chi connectivity index (χ1v) is 10.2. The van der Waals surface area contributed by atoms with Crippen LogP contribution in [0.2, 0.25) is 0 Å². The van der Waals surface area contributed by atoms with E-state index in [2.05, 4.69) is 21.4 Å². The van der Waals surface area contributed by atoms with Crippen LogP contribution in [0.25, 0.3) is 10.9 Å². The topological polar surface area (TPSA) is 92.4 Å². The first kappa shape index (κ1) is 18.5. The van der Waals surface area contributed by atoms with Crippen LogP contribution in [0.4, 0.5) is 0 Å². The monoisotopic (exact) mass is 394 g/mol. The van der Waals surface area contributed by atoms with Crippen molar-refractivity contribution >= 4 is 10.9 Å². The van der Waals surface area contributed by atoms with Crippen LogP contribution in [0.3, 0.4) is 0 Å². The summed E-state index contributed by atoms with van der Waals surface area (Å²) in [5, 5.41) is 26.0. The first-order chi connectivity index (χ1) is 14.0. The molecule has 0 aromatic carbocycles. The van der Waals surface area contributed by atoms with Gasteiger partial charge in [0.1, 0.15) is 18.3 Å². The van der Waals surface area contributed by atoms with Crippen molar-refractivity contribution in [2.75, 3.05) is 6.54 Å². The summed E-state index contributed by atoms with van der Waals surface area (Å²) in [5.41, 5.74) is 5.16. The zero-order valence-electron chi connectivity index (χ0n) is 16.7. The van der Waals surface area contributed by atoms with Gasteiger partial charge in [-0.05, 0) is 50.6 Å². The number of nitrogens with zero attached hydrogens (tertiary/aromatic N) is 3. The van der Waals surface area contributed by atoms with Crippen LogP contribution < -0.4 is 10.1 Å². The molecule has 0 saturated heterocycles. The Labute approximate surface area is 169 Å². The largest absolute Gasteiger partial charge is 0.471 e. The summed E-state index contributed by atoms with van der Waals surface area (Å²) in [6.45, 7) is 5.58. The minimum Gasteiger partial charge on any atom is -0.471 e. The molecule has 4 unspecified atom stereocenters. The number of rotatable bonds is 3. The molecule has 3 aromatic heterocycles. The molecule has 1 fully saturated rings. The minimum atomic E-state index is -0.977. The van der Waals surface area contributed by atoms with Crippen molar-refractivity contribution in [1.29, 1.82) is 0 Å². The molecule has 3 aromatic rings. The van der Waals surface area contributed by atoms with Gasteiger partial charge >= 0.3 is 0 Å². The zero-order chi connectivity index (χ0) is 20.1. The van der Waals surface area contributed by atoms with Crippen molar-refractivity contribution in [2.24, 2.45) is 0 Å². The minimum absolute atomic E-state index is 0.270. The highest BCUT2D eigenvalue weighted by Crippen LogP contribution is 2.37. The second-order valence-corrected chi connectivity index (χ2v) is 8.13. The molecule has 29 heavy (non-hydrogen) atoms. The maximum absolute atomic E-state index is 10.8. The molecule has 2 aliphatic rings. The number of aliphatic hydroxyl groups excluding tert-OH is 2. The molecular formula is C22H26N4O3. The lowest BCUT2D eigenvalue weighted by Crippen LogP contribution is -2.35. The molecule has 0 spiro atoms. The summed E-state index contributed by atoms with van der Waals surface area (Å²) in [7, 11) is 0. The van der Waals surface area contributed by atoms with E-state index in [1.807, 2.05) is 36.7 Å². The second kappa shape index (κ2) is 7.09. The average Bonchev–Trinajstić information content (AvgIpc) is 3.25. The molecule has 152 valence electrons. The van der Waals surface area contributed by atoms with Crippen molar-refractivity contribution in [3.63, 3.8) is 0 Å². The van der Waals surface area contributed by atoms with Crippen molar-refractivity contribution in [3.8, 4) is 5.88 Å². The third-order valence-corrected chi connectivity index (χ3v) is 6.25. The van der Waals surface area contributed by atoms with Gasteiger partial charge in [0.25, 0.3) is 0 Å². The van der Waals surface area contributed by atoms with Crippen LogP contribution in [0.15, 0.2) is 30.6 Å². The van der Waals surface area contributed by atoms with Gasteiger partial charge in [0, 0.05) is 47.7 Å². The van der Waals surface area contributed by atoms with Gasteiger partial charge in [-0.3, -0.25) is 4.98 Å². The number of fused-ring (bicyclic) bond motifs is 2. The fourth-order valence-corrected chi connectivity index (χ4v) is 4.71. The molecular weight excluding hydrogens is 368 g/mol. The van der Waals surface area contributed by atoms with E-state index in [1.165, 1.54) is 5.56 Å². The number of ether oxygens (including phenoxy) is 1. The summed E-state index contributed by atoms with van der Waals surface area (Å²) in [4.78, 5) is 8.93. The van der Waals surface area contributed by atoms with E-state index in [1.54, 1.807) is 6.20 Å². The maximum atomic E-state index is 10.8. The van der Waals surface area contributed by atoms with Gasteiger partial charge in [-0.15, -0.1) is 0 Å². The molecule has 5 rings (SSSR count). The number of pyridine rings is 2. The van der Waals surface area contributed by atoms with E-state index in [9.17, 15) is 10.2 Å². The zero-order valence-corrected chi connectivity index (χ0v) is 16.7. The van der Waals surface area contributed by atoms with Crippen molar-refractivity contribution < 1.29 is 14.9 Å². The van der Waals surface area contributed by atoms with Crippen LogP contribution in [-0.2, 0) is 13.0 Å².